The second-order valence-electron chi connectivity index (χ2n) is 4.09. The molecule has 1 aromatic heterocycles. The first-order valence-electron chi connectivity index (χ1n) is 5.29. The molecule has 0 saturated heterocycles. The molecule has 1 aromatic rings. The SMILES string of the molecule is Nc1n[nH]c(C(=O)NCC2CCC(O)C2)n1. The fourth-order valence-electron chi connectivity index (χ4n) is 1.93. The molecule has 5 N–H and O–H groups in total. The summed E-state index contributed by atoms with van der Waals surface area (Å²) in [5.41, 5.74) is 5.29. The second-order valence-corrected chi connectivity index (χ2v) is 4.09. The zero-order valence-corrected chi connectivity index (χ0v) is 8.81. The van der Waals surface area contributed by atoms with Crippen molar-refractivity contribution in [3.05, 3.63) is 5.82 Å². The molecule has 2 unspecified atom stereocenters. The van der Waals surface area contributed by atoms with Crippen molar-refractivity contribution < 1.29 is 9.90 Å². The van der Waals surface area contributed by atoms with E-state index in [0.29, 0.717) is 12.5 Å². The molecule has 16 heavy (non-hydrogen) atoms. The number of nitrogens with two attached hydrogens (primary N) is 1. The third-order valence-corrected chi connectivity index (χ3v) is 2.78. The number of hydrogen-bond acceptors (Lipinski definition) is 5. The first-order chi connectivity index (χ1) is 7.65. The van der Waals surface area contributed by atoms with Crippen molar-refractivity contribution in [2.45, 2.75) is 25.4 Å². The Hall–Kier alpha value is -1.63. The van der Waals surface area contributed by atoms with E-state index in [-0.39, 0.29) is 23.8 Å². The number of H-pyrrole nitrogens is 1. The van der Waals surface area contributed by atoms with Crippen LogP contribution in [-0.4, -0.2) is 38.8 Å². The zero-order valence-electron chi connectivity index (χ0n) is 8.81. The molecule has 1 fully saturated rings. The van der Waals surface area contributed by atoms with Crippen molar-refractivity contribution in [1.29, 1.82) is 0 Å². The van der Waals surface area contributed by atoms with E-state index in [1.54, 1.807) is 0 Å². The van der Waals surface area contributed by atoms with Gasteiger partial charge in [0.15, 0.2) is 0 Å². The predicted octanol–water partition coefficient (Wildman–Crippen LogP) is -0.722. The molecule has 2 rings (SSSR count). The van der Waals surface area contributed by atoms with Crippen molar-refractivity contribution >= 4 is 11.9 Å². The van der Waals surface area contributed by atoms with Crippen molar-refractivity contribution in [1.82, 2.24) is 20.5 Å². The number of nitrogens with one attached hydrogen (secondary N) is 2. The van der Waals surface area contributed by atoms with E-state index in [9.17, 15) is 9.90 Å². The quantitative estimate of drug-likeness (QED) is 0.541. The van der Waals surface area contributed by atoms with E-state index in [1.165, 1.54) is 0 Å². The van der Waals surface area contributed by atoms with E-state index < -0.39 is 0 Å². The van der Waals surface area contributed by atoms with Gasteiger partial charge in [0.25, 0.3) is 5.91 Å². The van der Waals surface area contributed by atoms with Crippen LogP contribution in [0.15, 0.2) is 0 Å². The van der Waals surface area contributed by atoms with Crippen LogP contribution in [0, 0.1) is 5.92 Å². The van der Waals surface area contributed by atoms with Gasteiger partial charge >= 0.3 is 0 Å². The molecule has 0 spiro atoms. The van der Waals surface area contributed by atoms with Crippen molar-refractivity contribution in [3.63, 3.8) is 0 Å². The first kappa shape index (κ1) is 10.9. The molecular formula is C9H15N5O2. The van der Waals surface area contributed by atoms with Gasteiger partial charge < -0.3 is 16.2 Å². The molecule has 0 aliphatic heterocycles. The summed E-state index contributed by atoms with van der Waals surface area (Å²) in [5.74, 6) is 0.210. The van der Waals surface area contributed by atoms with Crippen LogP contribution in [0.5, 0.6) is 0 Å². The lowest BCUT2D eigenvalue weighted by atomic mass is 10.1. The minimum absolute atomic E-state index is 0.0569. The van der Waals surface area contributed by atoms with E-state index in [4.69, 9.17) is 5.73 Å². The summed E-state index contributed by atoms with van der Waals surface area (Å²) >= 11 is 0. The summed E-state index contributed by atoms with van der Waals surface area (Å²) in [5, 5.41) is 18.1. The number of amides is 1. The summed E-state index contributed by atoms with van der Waals surface area (Å²) in [7, 11) is 0. The third kappa shape index (κ3) is 2.48. The number of aliphatic hydroxyl groups excluding tert-OH is 1. The Kier molecular flexibility index (Phi) is 3.04. The van der Waals surface area contributed by atoms with Gasteiger partial charge in [-0.3, -0.25) is 9.89 Å². The van der Waals surface area contributed by atoms with E-state index >= 15 is 0 Å². The van der Waals surface area contributed by atoms with Gasteiger partial charge in [-0.2, -0.15) is 4.98 Å². The number of aliphatic hydroxyl groups is 1. The van der Waals surface area contributed by atoms with E-state index in [0.717, 1.165) is 19.3 Å². The maximum Gasteiger partial charge on any atom is 0.288 e. The molecule has 88 valence electrons. The smallest absolute Gasteiger partial charge is 0.288 e. The van der Waals surface area contributed by atoms with Gasteiger partial charge in [-0.25, -0.2) is 0 Å². The Morgan fingerprint density at radius 2 is 2.44 bits per heavy atom. The molecule has 1 aliphatic rings. The maximum absolute atomic E-state index is 11.5. The molecule has 1 heterocycles. The highest BCUT2D eigenvalue weighted by Crippen LogP contribution is 2.24. The lowest BCUT2D eigenvalue weighted by molar-refractivity contribution is 0.0935. The highest BCUT2D eigenvalue weighted by atomic mass is 16.3. The summed E-state index contributed by atoms with van der Waals surface area (Å²) in [6.45, 7) is 0.552. The number of carbonyl (C=O) groups is 1. The molecule has 7 heteroatoms. The monoisotopic (exact) mass is 225 g/mol. The molecular weight excluding hydrogens is 210 g/mol. The Morgan fingerprint density at radius 1 is 1.62 bits per heavy atom. The number of nitrogens with zero attached hydrogens (tertiary/aromatic N) is 2. The van der Waals surface area contributed by atoms with E-state index in [2.05, 4.69) is 20.5 Å². The molecule has 7 nitrogen and oxygen atoms in total. The van der Waals surface area contributed by atoms with Gasteiger partial charge in [-0.05, 0) is 25.2 Å². The molecule has 0 radical (unpaired) electrons. The fourth-order valence-corrected chi connectivity index (χ4v) is 1.93. The summed E-state index contributed by atoms with van der Waals surface area (Å²) in [6, 6.07) is 0. The lowest BCUT2D eigenvalue weighted by Gasteiger charge is -2.09. The lowest BCUT2D eigenvalue weighted by Crippen LogP contribution is -2.29. The third-order valence-electron chi connectivity index (χ3n) is 2.78. The average Bonchev–Trinajstić information content (AvgIpc) is 2.84. The number of rotatable bonds is 3. The Balaban J connectivity index is 1.80. The molecule has 1 amide bonds. The summed E-state index contributed by atoms with van der Waals surface area (Å²) in [6.07, 6.45) is 2.29. The number of carbonyl (C=O) groups excluding carboxylic acids is 1. The second kappa shape index (κ2) is 4.48. The van der Waals surface area contributed by atoms with Crippen molar-refractivity contribution in [2.75, 3.05) is 12.3 Å². The molecule has 1 saturated carbocycles. The van der Waals surface area contributed by atoms with Crippen LogP contribution in [0.2, 0.25) is 0 Å². The van der Waals surface area contributed by atoms with Gasteiger partial charge in [0.05, 0.1) is 6.10 Å². The average molecular weight is 225 g/mol. The normalized spacial score (nSPS) is 24.6. The van der Waals surface area contributed by atoms with Gasteiger partial charge in [0.2, 0.25) is 11.8 Å². The van der Waals surface area contributed by atoms with Crippen LogP contribution in [0.25, 0.3) is 0 Å². The molecule has 0 bridgehead atoms. The summed E-state index contributed by atoms with van der Waals surface area (Å²) < 4.78 is 0. The van der Waals surface area contributed by atoms with Crippen LogP contribution in [0.3, 0.4) is 0 Å². The molecule has 2 atom stereocenters. The summed E-state index contributed by atoms with van der Waals surface area (Å²) in [4.78, 5) is 15.3. The van der Waals surface area contributed by atoms with Crippen molar-refractivity contribution in [2.24, 2.45) is 5.92 Å². The number of anilines is 1. The highest BCUT2D eigenvalue weighted by Gasteiger charge is 2.23. The van der Waals surface area contributed by atoms with E-state index in [1.807, 2.05) is 0 Å². The maximum atomic E-state index is 11.5. The Morgan fingerprint density at radius 3 is 3.00 bits per heavy atom. The standard InChI is InChI=1S/C9H15N5O2/c10-9-12-7(13-14-9)8(16)11-4-5-1-2-6(15)3-5/h5-6,15H,1-4H2,(H,11,16)(H3,10,12,13,14). The largest absolute Gasteiger partial charge is 0.393 e. The van der Waals surface area contributed by atoms with Crippen LogP contribution >= 0.6 is 0 Å². The highest BCUT2D eigenvalue weighted by molar-refractivity contribution is 5.90. The van der Waals surface area contributed by atoms with Gasteiger partial charge in [-0.15, -0.1) is 5.10 Å². The van der Waals surface area contributed by atoms with Crippen LogP contribution in [-0.2, 0) is 0 Å². The van der Waals surface area contributed by atoms with Crippen LogP contribution < -0.4 is 11.1 Å². The predicted molar refractivity (Wildman–Crippen MR) is 56.5 cm³/mol. The fraction of sp³-hybridized carbons (Fsp3) is 0.667. The van der Waals surface area contributed by atoms with Crippen LogP contribution in [0.1, 0.15) is 29.9 Å². The first-order valence-corrected chi connectivity index (χ1v) is 5.29. The van der Waals surface area contributed by atoms with Gasteiger partial charge in [-0.1, -0.05) is 0 Å². The number of nitrogen functional groups attached to an aromatic ring is 1. The molecule has 1 aliphatic carbocycles. The number of aromatic nitrogens is 3. The van der Waals surface area contributed by atoms with Crippen molar-refractivity contribution in [3.8, 4) is 0 Å². The van der Waals surface area contributed by atoms with Gasteiger partial charge in [0, 0.05) is 6.54 Å². The molecule has 0 aromatic carbocycles. The van der Waals surface area contributed by atoms with Crippen LogP contribution in [0.4, 0.5) is 5.95 Å². The minimum Gasteiger partial charge on any atom is -0.393 e. The number of hydrogen-bond donors (Lipinski definition) is 4. The topological polar surface area (TPSA) is 117 Å². The minimum atomic E-state index is -0.314. The Labute approximate surface area is 92.4 Å². The number of aromatic amines is 1. The Bertz CT molecular complexity index is 378. The zero-order chi connectivity index (χ0) is 11.5. The van der Waals surface area contributed by atoms with Gasteiger partial charge in [0.1, 0.15) is 0 Å².